The fourth-order valence-corrected chi connectivity index (χ4v) is 4.42. The molecule has 4 aliphatic rings. The third-order valence-corrected chi connectivity index (χ3v) is 5.07. The molecular weight excluding hydrogens is 204 g/mol. The normalized spacial score (nSPS) is 36.8. The van der Waals surface area contributed by atoms with E-state index in [1.807, 2.05) is 0 Å². The van der Waals surface area contributed by atoms with Crippen LogP contribution in [-0.4, -0.2) is 0 Å². The van der Waals surface area contributed by atoms with Gasteiger partial charge in [0.25, 0.3) is 0 Å². The topological polar surface area (TPSA) is 0 Å². The standard InChI is InChI=1S/C17H18/c1-11-5-4-8-15-14-9-10-16(17(11)15)13-7-3-2-6-12(13)14/h2-8,12-14,16H,9-10H2,1H3. The van der Waals surface area contributed by atoms with Crippen molar-refractivity contribution in [1.82, 2.24) is 0 Å². The van der Waals surface area contributed by atoms with Gasteiger partial charge in [-0.25, -0.2) is 0 Å². The Bertz CT molecular complexity index is 521. The van der Waals surface area contributed by atoms with Crippen molar-refractivity contribution in [3.05, 3.63) is 59.2 Å². The number of allylic oxidation sites excluding steroid dienone is 4. The minimum absolute atomic E-state index is 0.771. The maximum atomic E-state index is 2.46. The molecule has 1 aromatic rings. The van der Waals surface area contributed by atoms with Gasteiger partial charge in [-0.2, -0.15) is 0 Å². The van der Waals surface area contributed by atoms with E-state index in [1.165, 1.54) is 18.4 Å². The van der Waals surface area contributed by atoms with Crippen LogP contribution in [0, 0.1) is 18.8 Å². The van der Waals surface area contributed by atoms with Crippen molar-refractivity contribution in [1.29, 1.82) is 0 Å². The Balaban J connectivity index is 1.94. The summed E-state index contributed by atoms with van der Waals surface area (Å²) >= 11 is 0. The molecule has 86 valence electrons. The van der Waals surface area contributed by atoms with Crippen molar-refractivity contribution in [2.24, 2.45) is 11.8 Å². The highest BCUT2D eigenvalue weighted by Gasteiger charge is 2.45. The molecule has 0 aromatic heterocycles. The van der Waals surface area contributed by atoms with E-state index in [4.69, 9.17) is 0 Å². The largest absolute Gasteiger partial charge is 0.0802 e. The van der Waals surface area contributed by atoms with Gasteiger partial charge in [0.2, 0.25) is 0 Å². The van der Waals surface area contributed by atoms with E-state index in [-0.39, 0.29) is 0 Å². The maximum absolute atomic E-state index is 2.46. The highest BCUT2D eigenvalue weighted by Crippen LogP contribution is 2.57. The summed E-state index contributed by atoms with van der Waals surface area (Å²) in [5.41, 5.74) is 4.85. The molecule has 4 atom stereocenters. The fourth-order valence-electron chi connectivity index (χ4n) is 4.42. The second-order valence-electron chi connectivity index (χ2n) is 5.79. The van der Waals surface area contributed by atoms with Crippen LogP contribution in [0.5, 0.6) is 0 Å². The van der Waals surface area contributed by atoms with Gasteiger partial charge in [0.1, 0.15) is 0 Å². The van der Waals surface area contributed by atoms with Crippen molar-refractivity contribution in [2.45, 2.75) is 31.6 Å². The molecule has 0 radical (unpaired) electrons. The number of benzene rings is 1. The SMILES string of the molecule is Cc1cccc2c1C1CCC2C2C=CC=CC12. The van der Waals surface area contributed by atoms with Crippen LogP contribution >= 0.6 is 0 Å². The van der Waals surface area contributed by atoms with Crippen molar-refractivity contribution in [3.63, 3.8) is 0 Å². The third-order valence-electron chi connectivity index (χ3n) is 5.07. The fraction of sp³-hybridized carbons (Fsp3) is 0.412. The highest BCUT2D eigenvalue weighted by atomic mass is 14.5. The molecule has 1 fully saturated rings. The van der Waals surface area contributed by atoms with Crippen LogP contribution in [0.15, 0.2) is 42.5 Å². The first-order valence-corrected chi connectivity index (χ1v) is 6.80. The van der Waals surface area contributed by atoms with Crippen LogP contribution in [-0.2, 0) is 0 Å². The van der Waals surface area contributed by atoms with Crippen LogP contribution in [0.3, 0.4) is 0 Å². The first kappa shape index (κ1) is 9.70. The highest BCUT2D eigenvalue weighted by molar-refractivity contribution is 5.47. The zero-order valence-electron chi connectivity index (χ0n) is 10.3. The van der Waals surface area contributed by atoms with Gasteiger partial charge in [-0.05, 0) is 60.1 Å². The first-order valence-electron chi connectivity index (χ1n) is 6.80. The minimum atomic E-state index is 0.771. The molecule has 0 saturated heterocycles. The summed E-state index contributed by atoms with van der Waals surface area (Å²) in [7, 11) is 0. The monoisotopic (exact) mass is 222 g/mol. The molecule has 0 aliphatic heterocycles. The number of aryl methyl sites for hydroxylation is 1. The first-order chi connectivity index (χ1) is 8.36. The molecule has 1 aromatic carbocycles. The predicted octanol–water partition coefficient (Wildman–Crippen LogP) is 4.33. The number of fused-ring (bicyclic) bond motifs is 1. The van der Waals surface area contributed by atoms with Gasteiger partial charge < -0.3 is 0 Å². The van der Waals surface area contributed by atoms with Gasteiger partial charge >= 0.3 is 0 Å². The van der Waals surface area contributed by atoms with Crippen molar-refractivity contribution < 1.29 is 0 Å². The van der Waals surface area contributed by atoms with E-state index in [1.54, 1.807) is 11.1 Å². The molecule has 0 nitrogen and oxygen atoms in total. The molecule has 4 unspecified atom stereocenters. The molecule has 0 spiro atoms. The van der Waals surface area contributed by atoms with Crippen molar-refractivity contribution >= 4 is 0 Å². The Kier molecular flexibility index (Phi) is 1.91. The predicted molar refractivity (Wildman–Crippen MR) is 71.2 cm³/mol. The van der Waals surface area contributed by atoms with E-state index in [0.29, 0.717) is 0 Å². The summed E-state index contributed by atoms with van der Waals surface area (Å²) in [4.78, 5) is 0. The smallest absolute Gasteiger partial charge is 0.00873 e. The van der Waals surface area contributed by atoms with E-state index in [9.17, 15) is 0 Å². The van der Waals surface area contributed by atoms with Gasteiger partial charge in [0, 0.05) is 0 Å². The Labute approximate surface area is 103 Å². The molecule has 0 amide bonds. The second-order valence-corrected chi connectivity index (χ2v) is 5.79. The Morgan fingerprint density at radius 1 is 0.941 bits per heavy atom. The van der Waals surface area contributed by atoms with Gasteiger partial charge in [-0.15, -0.1) is 0 Å². The Morgan fingerprint density at radius 3 is 2.47 bits per heavy atom. The number of rotatable bonds is 0. The van der Waals surface area contributed by atoms with E-state index in [0.717, 1.165) is 23.7 Å². The lowest BCUT2D eigenvalue weighted by molar-refractivity contribution is 0.223. The van der Waals surface area contributed by atoms with Gasteiger partial charge in [-0.3, -0.25) is 0 Å². The van der Waals surface area contributed by atoms with Crippen molar-refractivity contribution in [2.75, 3.05) is 0 Å². The Morgan fingerprint density at radius 2 is 1.65 bits per heavy atom. The summed E-state index contributed by atoms with van der Waals surface area (Å²) in [6.45, 7) is 2.29. The molecule has 5 rings (SSSR count). The lowest BCUT2D eigenvalue weighted by Crippen LogP contribution is -2.37. The van der Waals surface area contributed by atoms with Crippen LogP contribution in [0.1, 0.15) is 41.4 Å². The molecule has 1 saturated carbocycles. The molecule has 0 heterocycles. The zero-order valence-corrected chi connectivity index (χ0v) is 10.3. The summed E-state index contributed by atoms with van der Waals surface area (Å²) in [6.07, 6.45) is 12.2. The lowest BCUT2D eigenvalue weighted by atomic mass is 9.55. The van der Waals surface area contributed by atoms with Crippen LogP contribution in [0.2, 0.25) is 0 Å². The molecule has 4 aliphatic carbocycles. The third kappa shape index (κ3) is 1.19. The molecule has 0 heteroatoms. The summed E-state index contributed by atoms with van der Waals surface area (Å²) < 4.78 is 0. The molecule has 0 N–H and O–H groups in total. The van der Waals surface area contributed by atoms with Crippen LogP contribution in [0.4, 0.5) is 0 Å². The minimum Gasteiger partial charge on any atom is -0.0802 e. The lowest BCUT2D eigenvalue weighted by Gasteiger charge is -2.49. The van der Waals surface area contributed by atoms with E-state index < -0.39 is 0 Å². The summed E-state index contributed by atoms with van der Waals surface area (Å²) in [5.74, 6) is 3.10. The molecule has 17 heavy (non-hydrogen) atoms. The zero-order chi connectivity index (χ0) is 11.4. The van der Waals surface area contributed by atoms with E-state index in [2.05, 4.69) is 49.4 Å². The molecular formula is C17H18. The number of hydrogen-bond donors (Lipinski definition) is 0. The van der Waals surface area contributed by atoms with E-state index >= 15 is 0 Å². The second kappa shape index (κ2) is 3.35. The quantitative estimate of drug-likeness (QED) is 0.613. The summed E-state index contributed by atoms with van der Waals surface area (Å²) in [6, 6.07) is 6.91. The summed E-state index contributed by atoms with van der Waals surface area (Å²) in [5, 5.41) is 0. The number of hydrogen-bond acceptors (Lipinski definition) is 0. The average molecular weight is 222 g/mol. The Hall–Kier alpha value is -1.30. The van der Waals surface area contributed by atoms with Crippen molar-refractivity contribution in [3.8, 4) is 0 Å². The van der Waals surface area contributed by atoms with Crippen LogP contribution in [0.25, 0.3) is 0 Å². The van der Waals surface area contributed by atoms with Gasteiger partial charge in [0.05, 0.1) is 0 Å². The van der Waals surface area contributed by atoms with Gasteiger partial charge in [-0.1, -0.05) is 42.5 Å². The van der Waals surface area contributed by atoms with Gasteiger partial charge in [0.15, 0.2) is 0 Å². The van der Waals surface area contributed by atoms with Crippen LogP contribution < -0.4 is 0 Å². The average Bonchev–Trinajstić information content (AvgIpc) is 2.40. The molecule has 2 bridgehead atoms. The maximum Gasteiger partial charge on any atom is -0.00873 e.